The molecule has 0 aliphatic carbocycles. The largest absolute Gasteiger partial charge is 0.477 e. The molecule has 2 fully saturated rings. The number of hydrogen-bond acceptors (Lipinski definition) is 5. The molecule has 2 saturated heterocycles. The molecule has 0 aromatic carbocycles. The highest BCUT2D eigenvalue weighted by molar-refractivity contribution is 5.90. The molecule has 0 bridgehead atoms. The van der Waals surface area contributed by atoms with Gasteiger partial charge in [0.25, 0.3) is 0 Å². The standard InChI is InChI=1S/C17H25N5O3/c1-11(2)9-25-15-7-14(18-10-19-15)20-17(24)22-6-4-5-12-13(22)8-21(3)16(12)23/h7,10-13H,4-6,8-9H2,1-3H3,(H,18,19,20,24)/t12-,13-/m1/s1. The van der Waals surface area contributed by atoms with Crippen LogP contribution in [0.25, 0.3) is 0 Å². The van der Waals surface area contributed by atoms with Crippen LogP contribution in [0.1, 0.15) is 26.7 Å². The Bertz CT molecular complexity index is 651. The molecular formula is C17H25N5O3. The van der Waals surface area contributed by atoms with Crippen molar-refractivity contribution >= 4 is 17.8 Å². The van der Waals surface area contributed by atoms with Gasteiger partial charge in [0.2, 0.25) is 11.8 Å². The van der Waals surface area contributed by atoms with Gasteiger partial charge in [-0.2, -0.15) is 0 Å². The number of aromatic nitrogens is 2. The van der Waals surface area contributed by atoms with E-state index in [0.717, 1.165) is 12.8 Å². The number of carbonyl (C=O) groups excluding carboxylic acids is 2. The van der Waals surface area contributed by atoms with Gasteiger partial charge in [-0.3, -0.25) is 10.1 Å². The Morgan fingerprint density at radius 1 is 1.44 bits per heavy atom. The third kappa shape index (κ3) is 3.83. The van der Waals surface area contributed by atoms with Gasteiger partial charge < -0.3 is 14.5 Å². The number of anilines is 1. The summed E-state index contributed by atoms with van der Waals surface area (Å²) in [5.74, 6) is 1.27. The Balaban J connectivity index is 1.66. The summed E-state index contributed by atoms with van der Waals surface area (Å²) in [6, 6.07) is 1.32. The topological polar surface area (TPSA) is 87.7 Å². The minimum Gasteiger partial charge on any atom is -0.477 e. The number of ether oxygens (including phenoxy) is 1. The van der Waals surface area contributed by atoms with E-state index in [2.05, 4.69) is 29.1 Å². The number of carbonyl (C=O) groups is 2. The van der Waals surface area contributed by atoms with E-state index in [9.17, 15) is 9.59 Å². The summed E-state index contributed by atoms with van der Waals surface area (Å²) in [6.45, 7) is 5.89. The molecule has 1 N–H and O–H groups in total. The third-order valence-corrected chi connectivity index (χ3v) is 4.64. The fraction of sp³-hybridized carbons (Fsp3) is 0.647. The SMILES string of the molecule is CC(C)COc1cc(NC(=O)N2CCC[C@H]3C(=O)N(C)C[C@H]32)ncn1. The van der Waals surface area contributed by atoms with E-state index >= 15 is 0 Å². The second-order valence-electron chi connectivity index (χ2n) is 7.10. The van der Waals surface area contributed by atoms with Crippen molar-refractivity contribution in [3.8, 4) is 5.88 Å². The van der Waals surface area contributed by atoms with Crippen LogP contribution >= 0.6 is 0 Å². The fourth-order valence-corrected chi connectivity index (χ4v) is 3.40. The van der Waals surface area contributed by atoms with E-state index in [-0.39, 0.29) is 23.9 Å². The average Bonchev–Trinajstić information content (AvgIpc) is 2.88. The van der Waals surface area contributed by atoms with Gasteiger partial charge in [-0.05, 0) is 18.8 Å². The number of urea groups is 1. The monoisotopic (exact) mass is 347 g/mol. The smallest absolute Gasteiger partial charge is 0.323 e. The van der Waals surface area contributed by atoms with Gasteiger partial charge >= 0.3 is 6.03 Å². The van der Waals surface area contributed by atoms with E-state index in [4.69, 9.17) is 4.74 Å². The number of likely N-dealkylation sites (N-methyl/N-ethyl adjacent to an activating group) is 1. The van der Waals surface area contributed by atoms with E-state index in [1.165, 1.54) is 6.33 Å². The zero-order valence-electron chi connectivity index (χ0n) is 14.9. The highest BCUT2D eigenvalue weighted by Gasteiger charge is 2.45. The first-order chi connectivity index (χ1) is 12.0. The molecule has 2 aliphatic rings. The lowest BCUT2D eigenvalue weighted by molar-refractivity contribution is -0.130. The second kappa shape index (κ2) is 7.25. The highest BCUT2D eigenvalue weighted by atomic mass is 16.5. The molecule has 3 rings (SSSR count). The molecule has 0 spiro atoms. The predicted octanol–water partition coefficient (Wildman–Crippen LogP) is 1.60. The summed E-state index contributed by atoms with van der Waals surface area (Å²) in [4.78, 5) is 36.5. The minimum atomic E-state index is -0.230. The van der Waals surface area contributed by atoms with Crippen LogP contribution in [0.5, 0.6) is 5.88 Å². The van der Waals surface area contributed by atoms with Crippen LogP contribution in [0.3, 0.4) is 0 Å². The molecule has 1 aromatic heterocycles. The van der Waals surface area contributed by atoms with Crippen LogP contribution in [0, 0.1) is 11.8 Å². The second-order valence-corrected chi connectivity index (χ2v) is 7.10. The molecule has 25 heavy (non-hydrogen) atoms. The molecule has 1 aromatic rings. The van der Waals surface area contributed by atoms with Gasteiger partial charge in [0, 0.05) is 26.2 Å². The maximum Gasteiger partial charge on any atom is 0.323 e. The summed E-state index contributed by atoms with van der Waals surface area (Å²) < 4.78 is 5.57. The van der Waals surface area contributed by atoms with E-state index in [1.54, 1.807) is 22.9 Å². The molecule has 136 valence electrons. The van der Waals surface area contributed by atoms with Crippen molar-refractivity contribution in [2.45, 2.75) is 32.7 Å². The van der Waals surface area contributed by atoms with Crippen molar-refractivity contribution in [1.29, 1.82) is 0 Å². The van der Waals surface area contributed by atoms with Crippen LogP contribution < -0.4 is 10.1 Å². The predicted molar refractivity (Wildman–Crippen MR) is 92.2 cm³/mol. The lowest BCUT2D eigenvalue weighted by Gasteiger charge is -2.35. The van der Waals surface area contributed by atoms with Crippen molar-refractivity contribution in [1.82, 2.24) is 19.8 Å². The Morgan fingerprint density at radius 3 is 3.00 bits per heavy atom. The zero-order chi connectivity index (χ0) is 18.0. The first-order valence-corrected chi connectivity index (χ1v) is 8.73. The summed E-state index contributed by atoms with van der Waals surface area (Å²) >= 11 is 0. The highest BCUT2D eigenvalue weighted by Crippen LogP contribution is 2.31. The number of fused-ring (bicyclic) bond motifs is 1. The first-order valence-electron chi connectivity index (χ1n) is 8.73. The molecule has 0 radical (unpaired) electrons. The third-order valence-electron chi connectivity index (χ3n) is 4.64. The van der Waals surface area contributed by atoms with Gasteiger partial charge in [-0.25, -0.2) is 14.8 Å². The molecule has 8 heteroatoms. The van der Waals surface area contributed by atoms with Crippen molar-refractivity contribution in [2.75, 3.05) is 32.1 Å². The van der Waals surface area contributed by atoms with Crippen molar-refractivity contribution < 1.29 is 14.3 Å². The van der Waals surface area contributed by atoms with Crippen LogP contribution in [0.2, 0.25) is 0 Å². The lowest BCUT2D eigenvalue weighted by atomic mass is 9.92. The van der Waals surface area contributed by atoms with E-state index in [1.807, 2.05) is 0 Å². The molecule has 0 saturated carbocycles. The molecule has 0 unspecified atom stereocenters. The summed E-state index contributed by atoms with van der Waals surface area (Å²) in [7, 11) is 1.79. The van der Waals surface area contributed by atoms with Crippen LogP contribution in [-0.4, -0.2) is 64.5 Å². The van der Waals surface area contributed by atoms with Crippen LogP contribution in [-0.2, 0) is 4.79 Å². The number of likely N-dealkylation sites (tertiary alicyclic amines) is 2. The molecule has 3 amide bonds. The van der Waals surface area contributed by atoms with Crippen molar-refractivity contribution in [2.24, 2.45) is 11.8 Å². The Kier molecular flexibility index (Phi) is 5.06. The van der Waals surface area contributed by atoms with Gasteiger partial charge in [0.05, 0.1) is 18.6 Å². The van der Waals surface area contributed by atoms with Crippen molar-refractivity contribution in [3.63, 3.8) is 0 Å². The Morgan fingerprint density at radius 2 is 2.24 bits per heavy atom. The van der Waals surface area contributed by atoms with E-state index < -0.39 is 0 Å². The van der Waals surface area contributed by atoms with Gasteiger partial charge in [-0.1, -0.05) is 13.8 Å². The van der Waals surface area contributed by atoms with Crippen LogP contribution in [0.4, 0.5) is 10.6 Å². The Labute approximate surface area is 147 Å². The number of rotatable bonds is 4. The lowest BCUT2D eigenvalue weighted by Crippen LogP contribution is -2.50. The molecule has 3 heterocycles. The quantitative estimate of drug-likeness (QED) is 0.894. The molecular weight excluding hydrogens is 322 g/mol. The molecule has 2 atom stereocenters. The normalized spacial score (nSPS) is 23.0. The van der Waals surface area contributed by atoms with Crippen LogP contribution in [0.15, 0.2) is 12.4 Å². The fourth-order valence-electron chi connectivity index (χ4n) is 3.40. The maximum atomic E-state index is 12.7. The van der Waals surface area contributed by atoms with Gasteiger partial charge in [-0.15, -0.1) is 0 Å². The first kappa shape index (κ1) is 17.4. The minimum absolute atomic E-state index is 0.0650. The summed E-state index contributed by atoms with van der Waals surface area (Å²) in [5.41, 5.74) is 0. The maximum absolute atomic E-state index is 12.7. The average molecular weight is 347 g/mol. The Hall–Kier alpha value is -2.38. The van der Waals surface area contributed by atoms with E-state index in [0.29, 0.717) is 37.3 Å². The molecule has 8 nitrogen and oxygen atoms in total. The molecule has 2 aliphatic heterocycles. The van der Waals surface area contributed by atoms with Gasteiger partial charge in [0.15, 0.2) is 0 Å². The zero-order valence-corrected chi connectivity index (χ0v) is 14.9. The number of nitrogens with one attached hydrogen (secondary N) is 1. The number of piperidine rings is 1. The number of amides is 3. The summed E-state index contributed by atoms with van der Waals surface area (Å²) in [6.07, 6.45) is 3.05. The number of hydrogen-bond donors (Lipinski definition) is 1. The van der Waals surface area contributed by atoms with Gasteiger partial charge in [0.1, 0.15) is 12.1 Å². The number of nitrogens with zero attached hydrogens (tertiary/aromatic N) is 4. The summed E-state index contributed by atoms with van der Waals surface area (Å²) in [5, 5.41) is 2.81. The van der Waals surface area contributed by atoms with Crippen molar-refractivity contribution in [3.05, 3.63) is 12.4 Å².